The van der Waals surface area contributed by atoms with Gasteiger partial charge in [-0.05, 0) is 22.4 Å². The Bertz CT molecular complexity index is 1220. The maximum atomic E-state index is 13.0. The molecule has 4 aromatic rings. The van der Waals surface area contributed by atoms with Crippen LogP contribution in [0.3, 0.4) is 0 Å². The average Bonchev–Trinajstić information content (AvgIpc) is 3.43. The summed E-state index contributed by atoms with van der Waals surface area (Å²) in [6, 6.07) is 15.8. The third-order valence-corrected chi connectivity index (χ3v) is 6.31. The van der Waals surface area contributed by atoms with Gasteiger partial charge in [-0.15, -0.1) is 0 Å². The summed E-state index contributed by atoms with van der Waals surface area (Å²) in [4.78, 5) is 32.6. The van der Waals surface area contributed by atoms with Crippen molar-refractivity contribution in [3.05, 3.63) is 82.8 Å². The van der Waals surface area contributed by atoms with Gasteiger partial charge in [0.25, 0.3) is 5.91 Å². The number of hydrogen-bond donors (Lipinski definition) is 1. The number of carbonyl (C=O) groups excluding carboxylic acids is 2. The van der Waals surface area contributed by atoms with Crippen molar-refractivity contribution < 1.29 is 14.0 Å². The lowest BCUT2D eigenvalue weighted by Crippen LogP contribution is -2.36. The van der Waals surface area contributed by atoms with Crippen molar-refractivity contribution in [3.63, 3.8) is 0 Å². The van der Waals surface area contributed by atoms with E-state index in [0.29, 0.717) is 36.6 Å². The van der Waals surface area contributed by atoms with E-state index in [0.717, 1.165) is 26.9 Å². The minimum absolute atomic E-state index is 0.106. The van der Waals surface area contributed by atoms with E-state index in [9.17, 15) is 9.59 Å². The summed E-state index contributed by atoms with van der Waals surface area (Å²) in [5.41, 5.74) is 2.45. The first-order valence-corrected chi connectivity index (χ1v) is 10.6. The average molecular weight is 417 g/mol. The van der Waals surface area contributed by atoms with E-state index in [1.165, 1.54) is 23.9 Å². The number of rotatable bonds is 4. The zero-order chi connectivity index (χ0) is 20.5. The second-order valence-electron chi connectivity index (χ2n) is 7.24. The number of hydrogen-bond acceptors (Lipinski definition) is 5. The molecule has 2 aromatic carbocycles. The first-order chi connectivity index (χ1) is 14.7. The number of fused-ring (bicyclic) bond motifs is 2. The first kappa shape index (κ1) is 18.6. The number of nitrogens with zero attached hydrogens (tertiary/aromatic N) is 2. The van der Waals surface area contributed by atoms with Crippen LogP contribution in [0.5, 0.6) is 0 Å². The molecule has 2 amide bonds. The monoisotopic (exact) mass is 417 g/mol. The highest BCUT2D eigenvalue weighted by Crippen LogP contribution is 2.29. The first-order valence-electron chi connectivity index (χ1n) is 9.74. The van der Waals surface area contributed by atoms with Crippen LogP contribution in [0.25, 0.3) is 10.8 Å². The summed E-state index contributed by atoms with van der Waals surface area (Å²) < 4.78 is 4.95. The summed E-state index contributed by atoms with van der Waals surface area (Å²) in [6.45, 7) is 1.16. The molecular formula is C23H19N3O3S. The Kier molecular flexibility index (Phi) is 4.80. The van der Waals surface area contributed by atoms with E-state index in [4.69, 9.17) is 4.42 Å². The van der Waals surface area contributed by atoms with E-state index in [1.54, 1.807) is 6.07 Å². The van der Waals surface area contributed by atoms with Gasteiger partial charge in [-0.2, -0.15) is 0 Å². The molecule has 0 aliphatic carbocycles. The Labute approximate surface area is 177 Å². The van der Waals surface area contributed by atoms with Crippen molar-refractivity contribution in [2.75, 3.05) is 11.9 Å². The molecule has 1 N–H and O–H groups in total. The summed E-state index contributed by atoms with van der Waals surface area (Å²) in [7, 11) is 0. The van der Waals surface area contributed by atoms with Crippen molar-refractivity contribution >= 4 is 39.1 Å². The Morgan fingerprint density at radius 1 is 1.13 bits per heavy atom. The van der Waals surface area contributed by atoms with Crippen molar-refractivity contribution in [2.45, 2.75) is 19.4 Å². The smallest absolute Gasteiger partial charge is 0.260 e. The molecule has 6 nitrogen and oxygen atoms in total. The molecule has 3 heterocycles. The highest BCUT2D eigenvalue weighted by Gasteiger charge is 2.25. The molecule has 0 spiro atoms. The van der Waals surface area contributed by atoms with E-state index in [1.807, 2.05) is 29.2 Å². The van der Waals surface area contributed by atoms with Crippen LogP contribution in [0, 0.1) is 0 Å². The lowest BCUT2D eigenvalue weighted by atomic mass is 10.0. The molecule has 0 atom stereocenters. The quantitative estimate of drug-likeness (QED) is 0.538. The molecule has 2 aromatic heterocycles. The normalized spacial score (nSPS) is 13.3. The predicted octanol–water partition coefficient (Wildman–Crippen LogP) is 4.27. The van der Waals surface area contributed by atoms with E-state index >= 15 is 0 Å². The number of nitrogens with one attached hydrogen (secondary N) is 1. The van der Waals surface area contributed by atoms with Crippen LogP contribution in [0.4, 0.5) is 5.13 Å². The van der Waals surface area contributed by atoms with Crippen molar-refractivity contribution in [3.8, 4) is 0 Å². The molecule has 0 bridgehead atoms. The molecular weight excluding hydrogens is 398 g/mol. The molecule has 1 aliphatic heterocycles. The highest BCUT2D eigenvalue weighted by atomic mass is 32.1. The van der Waals surface area contributed by atoms with Crippen molar-refractivity contribution in [1.82, 2.24) is 9.88 Å². The molecule has 5 rings (SSSR count). The van der Waals surface area contributed by atoms with Crippen LogP contribution in [-0.4, -0.2) is 28.2 Å². The van der Waals surface area contributed by atoms with Gasteiger partial charge in [0, 0.05) is 17.8 Å². The SMILES string of the molecule is O=C(Nc1nc2c(s1)CN(C(=O)Cc1cccc3ccccc13)CC2)c1ccoc1. The molecule has 0 unspecified atom stereocenters. The Balaban J connectivity index is 1.29. The Morgan fingerprint density at radius 3 is 2.87 bits per heavy atom. The Hall–Kier alpha value is -3.45. The Morgan fingerprint density at radius 2 is 2.00 bits per heavy atom. The molecule has 0 radical (unpaired) electrons. The van der Waals surface area contributed by atoms with Crippen molar-refractivity contribution in [2.24, 2.45) is 0 Å². The number of amides is 2. The molecule has 0 fully saturated rings. The summed E-state index contributed by atoms with van der Waals surface area (Å²) in [5.74, 6) is -0.145. The van der Waals surface area contributed by atoms with Gasteiger partial charge in [-0.3, -0.25) is 14.9 Å². The fourth-order valence-electron chi connectivity index (χ4n) is 3.75. The van der Waals surface area contributed by atoms with Gasteiger partial charge in [0.1, 0.15) is 6.26 Å². The lowest BCUT2D eigenvalue weighted by Gasteiger charge is -2.26. The number of furan rings is 1. The fraction of sp³-hybridized carbons (Fsp3) is 0.174. The standard InChI is InChI=1S/C23H19N3O3S/c27-21(12-16-6-3-5-15-4-1-2-7-18(15)16)26-10-8-19-20(13-26)30-23(24-19)25-22(28)17-9-11-29-14-17/h1-7,9,11,14H,8,10,12-13H2,(H,24,25,28). The molecule has 1 aliphatic rings. The second kappa shape index (κ2) is 7.76. The zero-order valence-electron chi connectivity index (χ0n) is 16.1. The maximum absolute atomic E-state index is 13.0. The van der Waals surface area contributed by atoms with Gasteiger partial charge in [0.2, 0.25) is 5.91 Å². The van der Waals surface area contributed by atoms with Crippen LogP contribution in [-0.2, 0) is 24.2 Å². The lowest BCUT2D eigenvalue weighted by molar-refractivity contribution is -0.131. The minimum atomic E-state index is -0.251. The third kappa shape index (κ3) is 3.59. The molecule has 150 valence electrons. The predicted molar refractivity (Wildman–Crippen MR) is 116 cm³/mol. The van der Waals surface area contributed by atoms with Gasteiger partial charge < -0.3 is 9.32 Å². The van der Waals surface area contributed by atoms with Crippen LogP contribution >= 0.6 is 11.3 Å². The van der Waals surface area contributed by atoms with Gasteiger partial charge in [0.15, 0.2) is 5.13 Å². The van der Waals surface area contributed by atoms with Crippen LogP contribution in [0.2, 0.25) is 0 Å². The molecule has 7 heteroatoms. The summed E-state index contributed by atoms with van der Waals surface area (Å²) in [6.07, 6.45) is 3.92. The largest absolute Gasteiger partial charge is 0.472 e. The van der Waals surface area contributed by atoms with E-state index in [2.05, 4.69) is 28.5 Å². The van der Waals surface area contributed by atoms with Gasteiger partial charge in [0.05, 0.1) is 30.5 Å². The van der Waals surface area contributed by atoms with E-state index in [-0.39, 0.29) is 11.8 Å². The second-order valence-corrected chi connectivity index (χ2v) is 8.32. The van der Waals surface area contributed by atoms with Crippen LogP contribution in [0.15, 0.2) is 65.5 Å². The van der Waals surface area contributed by atoms with Gasteiger partial charge >= 0.3 is 0 Å². The number of benzene rings is 2. The van der Waals surface area contributed by atoms with Gasteiger partial charge in [-0.25, -0.2) is 4.98 Å². The topological polar surface area (TPSA) is 75.4 Å². The molecule has 30 heavy (non-hydrogen) atoms. The number of aromatic nitrogens is 1. The molecule has 0 saturated heterocycles. The zero-order valence-corrected chi connectivity index (χ0v) is 16.9. The van der Waals surface area contributed by atoms with E-state index < -0.39 is 0 Å². The van der Waals surface area contributed by atoms with Crippen LogP contribution < -0.4 is 5.32 Å². The summed E-state index contributed by atoms with van der Waals surface area (Å²) in [5, 5.41) is 5.62. The fourth-order valence-corrected chi connectivity index (χ4v) is 4.77. The van der Waals surface area contributed by atoms with Gasteiger partial charge in [-0.1, -0.05) is 53.8 Å². The van der Waals surface area contributed by atoms with Crippen molar-refractivity contribution in [1.29, 1.82) is 0 Å². The summed E-state index contributed by atoms with van der Waals surface area (Å²) >= 11 is 1.42. The highest BCUT2D eigenvalue weighted by molar-refractivity contribution is 7.15. The molecule has 0 saturated carbocycles. The minimum Gasteiger partial charge on any atom is -0.472 e. The third-order valence-electron chi connectivity index (χ3n) is 5.31. The maximum Gasteiger partial charge on any atom is 0.260 e. The number of anilines is 1. The number of thiazole rings is 1. The van der Waals surface area contributed by atoms with Crippen LogP contribution in [0.1, 0.15) is 26.5 Å². The number of carbonyl (C=O) groups is 2.